The van der Waals surface area contributed by atoms with Gasteiger partial charge < -0.3 is 8.83 Å². The molecule has 11 aromatic carbocycles. The van der Waals surface area contributed by atoms with Crippen LogP contribution >= 0.6 is 0 Å². The third-order valence-corrected chi connectivity index (χ3v) is 12.2. The SMILES string of the molecule is c1ccc(-c2ccc3ccc4c(-c5ccc(-c6cccc7oc8cc9ccccc9cc8c67)c6oc7cc8ccccc8cc7c56)ccc5ccc2c3c54)cc1. The summed E-state index contributed by atoms with van der Waals surface area (Å²) in [7, 11) is 0. The van der Waals surface area contributed by atoms with Gasteiger partial charge in [0.15, 0.2) is 0 Å². The molecule has 0 fully saturated rings. The van der Waals surface area contributed by atoms with Crippen molar-refractivity contribution in [1.82, 2.24) is 0 Å². The van der Waals surface area contributed by atoms with E-state index >= 15 is 0 Å². The van der Waals surface area contributed by atoms with Crippen molar-refractivity contribution in [2.45, 2.75) is 0 Å². The molecule has 2 heteroatoms. The second kappa shape index (κ2) is 11.1. The molecule has 0 atom stereocenters. The van der Waals surface area contributed by atoms with Crippen molar-refractivity contribution < 1.29 is 8.83 Å². The number of hydrogen-bond donors (Lipinski definition) is 0. The third kappa shape index (κ3) is 4.10. The van der Waals surface area contributed by atoms with Gasteiger partial charge in [0, 0.05) is 27.1 Å². The zero-order valence-electron chi connectivity index (χ0n) is 30.1. The monoisotopic (exact) mass is 710 g/mol. The number of benzene rings is 11. The van der Waals surface area contributed by atoms with Gasteiger partial charge in [-0.05, 0) is 118 Å². The summed E-state index contributed by atoms with van der Waals surface area (Å²) in [5.74, 6) is 0. The van der Waals surface area contributed by atoms with Crippen molar-refractivity contribution in [3.63, 3.8) is 0 Å². The molecule has 2 nitrogen and oxygen atoms in total. The van der Waals surface area contributed by atoms with E-state index in [9.17, 15) is 0 Å². The molecular weight excluding hydrogens is 681 g/mol. The number of fused-ring (bicyclic) bond motifs is 8. The summed E-state index contributed by atoms with van der Waals surface area (Å²) in [6.45, 7) is 0. The van der Waals surface area contributed by atoms with Crippen molar-refractivity contribution in [1.29, 1.82) is 0 Å². The van der Waals surface area contributed by atoms with Crippen LogP contribution in [0.2, 0.25) is 0 Å². The lowest BCUT2D eigenvalue weighted by Gasteiger charge is -2.17. The van der Waals surface area contributed by atoms with Gasteiger partial charge >= 0.3 is 0 Å². The van der Waals surface area contributed by atoms with Crippen molar-refractivity contribution in [2.24, 2.45) is 0 Å². The molecule has 0 spiro atoms. The molecular formula is C54H30O2. The highest BCUT2D eigenvalue weighted by Gasteiger charge is 2.23. The molecule has 0 aliphatic heterocycles. The molecule has 56 heavy (non-hydrogen) atoms. The van der Waals surface area contributed by atoms with Crippen LogP contribution in [0.5, 0.6) is 0 Å². The van der Waals surface area contributed by atoms with E-state index in [0.29, 0.717) is 0 Å². The Bertz CT molecular complexity index is 3750. The van der Waals surface area contributed by atoms with Gasteiger partial charge in [0.2, 0.25) is 0 Å². The lowest BCUT2D eigenvalue weighted by Crippen LogP contribution is -1.90. The van der Waals surface area contributed by atoms with Gasteiger partial charge in [-0.25, -0.2) is 0 Å². The summed E-state index contributed by atoms with van der Waals surface area (Å²) < 4.78 is 13.6. The van der Waals surface area contributed by atoms with Gasteiger partial charge in [0.25, 0.3) is 0 Å². The minimum atomic E-state index is 0.869. The first-order chi connectivity index (χ1) is 27.7. The van der Waals surface area contributed by atoms with E-state index in [4.69, 9.17) is 8.83 Å². The van der Waals surface area contributed by atoms with Crippen molar-refractivity contribution in [3.8, 4) is 33.4 Å². The predicted molar refractivity (Wildman–Crippen MR) is 236 cm³/mol. The molecule has 2 heterocycles. The molecule has 2 aromatic heterocycles. The molecule has 258 valence electrons. The summed E-state index contributed by atoms with van der Waals surface area (Å²) in [5, 5.41) is 16.8. The molecule has 0 aliphatic carbocycles. The first kappa shape index (κ1) is 30.0. The molecule has 0 radical (unpaired) electrons. The average Bonchev–Trinajstić information content (AvgIpc) is 3.81. The quantitative estimate of drug-likeness (QED) is 0.171. The molecule has 0 aliphatic rings. The van der Waals surface area contributed by atoms with E-state index in [0.717, 1.165) is 66.0 Å². The lowest BCUT2D eigenvalue weighted by atomic mass is 9.86. The maximum absolute atomic E-state index is 7.08. The number of hydrogen-bond acceptors (Lipinski definition) is 2. The first-order valence-corrected chi connectivity index (χ1v) is 19.2. The summed E-state index contributed by atoms with van der Waals surface area (Å²) >= 11 is 0. The van der Waals surface area contributed by atoms with Gasteiger partial charge in [0.05, 0.1) is 0 Å². The molecule has 0 unspecified atom stereocenters. The highest BCUT2D eigenvalue weighted by Crippen LogP contribution is 2.49. The number of furan rings is 2. The molecule has 0 saturated heterocycles. The summed E-state index contributed by atoms with van der Waals surface area (Å²) in [6, 6.07) is 66.1. The molecule has 0 N–H and O–H groups in total. The molecule has 0 amide bonds. The lowest BCUT2D eigenvalue weighted by molar-refractivity contribution is 0.669. The third-order valence-electron chi connectivity index (χ3n) is 12.2. The summed E-state index contributed by atoms with van der Waals surface area (Å²) in [5.41, 5.74) is 10.5. The Balaban J connectivity index is 1.13. The Labute approximate surface area is 320 Å². The van der Waals surface area contributed by atoms with E-state index in [1.54, 1.807) is 0 Å². The fourth-order valence-electron chi connectivity index (χ4n) is 9.64. The fourth-order valence-corrected chi connectivity index (χ4v) is 9.64. The highest BCUT2D eigenvalue weighted by molar-refractivity contribution is 6.30. The van der Waals surface area contributed by atoms with Crippen LogP contribution in [0.4, 0.5) is 0 Å². The van der Waals surface area contributed by atoms with E-state index in [1.165, 1.54) is 65.2 Å². The van der Waals surface area contributed by atoms with E-state index in [2.05, 4.69) is 182 Å². The first-order valence-electron chi connectivity index (χ1n) is 19.2. The van der Waals surface area contributed by atoms with E-state index in [1.807, 2.05) is 0 Å². The fraction of sp³-hybridized carbons (Fsp3) is 0. The molecule has 0 saturated carbocycles. The standard InChI is InChI=1S/C54H30O2/c1-2-9-31(10-3-1)38-21-17-32-20-24-42-39(22-18-33-19-23-41(38)50(32)51(33)42)43-25-26-44(54-53(43)46-28-35-12-5-7-14-37(35)30-49(46)56-54)40-15-8-16-47-52(40)45-27-34-11-4-6-13-36(34)29-48(45)55-47/h1-30H. The summed E-state index contributed by atoms with van der Waals surface area (Å²) in [4.78, 5) is 0. The van der Waals surface area contributed by atoms with Crippen LogP contribution in [0.1, 0.15) is 0 Å². The van der Waals surface area contributed by atoms with Gasteiger partial charge in [0.1, 0.15) is 22.3 Å². The average molecular weight is 711 g/mol. The van der Waals surface area contributed by atoms with Crippen LogP contribution in [0.3, 0.4) is 0 Å². The highest BCUT2D eigenvalue weighted by atomic mass is 16.3. The van der Waals surface area contributed by atoms with E-state index in [-0.39, 0.29) is 0 Å². The van der Waals surface area contributed by atoms with Crippen LogP contribution in [-0.4, -0.2) is 0 Å². The summed E-state index contributed by atoms with van der Waals surface area (Å²) in [6.07, 6.45) is 0. The largest absolute Gasteiger partial charge is 0.456 e. The zero-order valence-corrected chi connectivity index (χ0v) is 30.1. The molecule has 0 bridgehead atoms. The van der Waals surface area contributed by atoms with Gasteiger partial charge in [-0.3, -0.25) is 0 Å². The van der Waals surface area contributed by atoms with Crippen molar-refractivity contribution in [2.75, 3.05) is 0 Å². The van der Waals surface area contributed by atoms with Crippen LogP contribution in [0.15, 0.2) is 191 Å². The van der Waals surface area contributed by atoms with Crippen molar-refractivity contribution in [3.05, 3.63) is 182 Å². The maximum atomic E-state index is 7.08. The van der Waals surface area contributed by atoms with E-state index < -0.39 is 0 Å². The van der Waals surface area contributed by atoms with Gasteiger partial charge in [-0.2, -0.15) is 0 Å². The Kier molecular flexibility index (Phi) is 5.92. The Morgan fingerprint density at radius 2 is 0.768 bits per heavy atom. The van der Waals surface area contributed by atoms with Crippen LogP contribution in [0.25, 0.3) is 131 Å². The molecule has 13 rings (SSSR count). The number of rotatable bonds is 3. The maximum Gasteiger partial charge on any atom is 0.143 e. The molecule has 13 aromatic rings. The predicted octanol–water partition coefficient (Wildman–Crippen LogP) is 15.7. The van der Waals surface area contributed by atoms with Gasteiger partial charge in [-0.15, -0.1) is 0 Å². The topological polar surface area (TPSA) is 26.3 Å². The second-order valence-corrected chi connectivity index (χ2v) is 15.2. The minimum Gasteiger partial charge on any atom is -0.456 e. The second-order valence-electron chi connectivity index (χ2n) is 15.2. The van der Waals surface area contributed by atoms with Crippen LogP contribution < -0.4 is 0 Å². The Morgan fingerprint density at radius 3 is 1.46 bits per heavy atom. The van der Waals surface area contributed by atoms with Crippen LogP contribution in [0, 0.1) is 0 Å². The van der Waals surface area contributed by atoms with Crippen LogP contribution in [-0.2, 0) is 0 Å². The zero-order chi connectivity index (χ0) is 36.5. The Morgan fingerprint density at radius 1 is 0.250 bits per heavy atom. The Hall–Kier alpha value is -7.42. The minimum absolute atomic E-state index is 0.869. The smallest absolute Gasteiger partial charge is 0.143 e. The normalized spacial score (nSPS) is 12.3. The van der Waals surface area contributed by atoms with Crippen molar-refractivity contribution >= 4 is 97.7 Å². The van der Waals surface area contributed by atoms with Gasteiger partial charge in [-0.1, -0.05) is 146 Å².